The third-order valence-corrected chi connectivity index (χ3v) is 4.81. The summed E-state index contributed by atoms with van der Waals surface area (Å²) < 4.78 is 0. The fourth-order valence-electron chi connectivity index (χ4n) is 4.04. The lowest BCUT2D eigenvalue weighted by Gasteiger charge is -2.14. The summed E-state index contributed by atoms with van der Waals surface area (Å²) in [6, 6.07) is 18.4. The summed E-state index contributed by atoms with van der Waals surface area (Å²) in [5, 5.41) is 0. The fourth-order valence-corrected chi connectivity index (χ4v) is 4.04. The van der Waals surface area contributed by atoms with Crippen molar-refractivity contribution in [2.75, 3.05) is 0 Å². The van der Waals surface area contributed by atoms with Crippen LogP contribution in [0.3, 0.4) is 0 Å². The number of ketones is 1. The summed E-state index contributed by atoms with van der Waals surface area (Å²) in [7, 11) is 0. The minimum Gasteiger partial charge on any atom is -0.294 e. The second-order valence-electron chi connectivity index (χ2n) is 5.68. The highest BCUT2D eigenvalue weighted by Crippen LogP contribution is 2.57. The van der Waals surface area contributed by atoms with Crippen molar-refractivity contribution in [2.24, 2.45) is 5.92 Å². The van der Waals surface area contributed by atoms with Crippen LogP contribution in [-0.2, 0) is 0 Å². The highest BCUT2D eigenvalue weighted by molar-refractivity contribution is 6.00. The molecule has 2 aromatic carbocycles. The van der Waals surface area contributed by atoms with Crippen molar-refractivity contribution < 1.29 is 4.79 Å². The van der Waals surface area contributed by atoms with Gasteiger partial charge in [-0.3, -0.25) is 4.79 Å². The third kappa shape index (κ3) is 1.51. The van der Waals surface area contributed by atoms with Crippen LogP contribution in [0.1, 0.15) is 46.2 Å². The minimum atomic E-state index is 0.180. The van der Waals surface area contributed by atoms with Crippen LogP contribution in [0.15, 0.2) is 54.6 Å². The zero-order valence-electron chi connectivity index (χ0n) is 10.8. The van der Waals surface area contributed by atoms with Crippen LogP contribution in [0, 0.1) is 5.92 Å². The molecule has 1 saturated carbocycles. The summed E-state index contributed by atoms with van der Waals surface area (Å²) in [4.78, 5) is 12.8. The van der Waals surface area contributed by atoms with Crippen LogP contribution in [0.5, 0.6) is 0 Å². The van der Waals surface area contributed by atoms with Crippen molar-refractivity contribution >= 4 is 5.78 Å². The summed E-state index contributed by atoms with van der Waals surface area (Å²) in [6.45, 7) is 0. The molecular weight excluding hydrogens is 232 g/mol. The van der Waals surface area contributed by atoms with Gasteiger partial charge >= 0.3 is 0 Å². The van der Waals surface area contributed by atoms with E-state index in [9.17, 15) is 4.79 Å². The van der Waals surface area contributed by atoms with Gasteiger partial charge in [0, 0.05) is 11.5 Å². The Kier molecular flexibility index (Phi) is 2.34. The average Bonchev–Trinajstić information content (AvgIpc) is 3.04. The Labute approximate surface area is 113 Å². The molecule has 2 atom stereocenters. The van der Waals surface area contributed by atoms with E-state index in [0.717, 1.165) is 5.56 Å². The van der Waals surface area contributed by atoms with E-state index in [1.54, 1.807) is 0 Å². The molecule has 1 nitrogen and oxygen atoms in total. The van der Waals surface area contributed by atoms with E-state index in [0.29, 0.717) is 17.6 Å². The Hall–Kier alpha value is -1.89. The van der Waals surface area contributed by atoms with Gasteiger partial charge in [0.1, 0.15) is 0 Å². The first-order chi connectivity index (χ1) is 9.36. The fraction of sp³-hybridized carbons (Fsp3) is 0.278. The second-order valence-corrected chi connectivity index (χ2v) is 5.68. The molecule has 2 bridgehead atoms. The van der Waals surface area contributed by atoms with Crippen molar-refractivity contribution in [3.63, 3.8) is 0 Å². The van der Waals surface area contributed by atoms with Gasteiger partial charge in [-0.2, -0.15) is 0 Å². The molecule has 0 amide bonds. The topological polar surface area (TPSA) is 17.1 Å². The second kappa shape index (κ2) is 4.06. The van der Waals surface area contributed by atoms with Crippen LogP contribution >= 0.6 is 0 Å². The maximum Gasteiger partial charge on any atom is 0.167 e. The van der Waals surface area contributed by atoms with Crippen molar-refractivity contribution in [3.05, 3.63) is 71.3 Å². The number of fused-ring (bicyclic) bond motifs is 5. The molecule has 0 radical (unpaired) electrons. The Balaban J connectivity index is 1.75. The number of benzene rings is 2. The van der Waals surface area contributed by atoms with Gasteiger partial charge in [-0.1, -0.05) is 54.6 Å². The van der Waals surface area contributed by atoms with E-state index in [-0.39, 0.29) is 5.92 Å². The number of hydrogen-bond acceptors (Lipinski definition) is 1. The maximum atomic E-state index is 12.8. The molecule has 4 rings (SSSR count). The lowest BCUT2D eigenvalue weighted by atomic mass is 9.87. The molecule has 2 unspecified atom stereocenters. The molecule has 94 valence electrons. The normalized spacial score (nSPS) is 27.3. The predicted octanol–water partition coefficient (Wildman–Crippen LogP) is 4.16. The molecule has 0 aliphatic heterocycles. The zero-order chi connectivity index (χ0) is 12.8. The van der Waals surface area contributed by atoms with Crippen molar-refractivity contribution in [2.45, 2.75) is 24.7 Å². The number of carbonyl (C=O) groups excluding carboxylic acids is 1. The van der Waals surface area contributed by atoms with E-state index >= 15 is 0 Å². The SMILES string of the molecule is O=C(c1ccccc1)C1C2CCC1c1ccccc12. The maximum absolute atomic E-state index is 12.8. The number of carbonyl (C=O) groups is 1. The van der Waals surface area contributed by atoms with Gasteiger partial charge in [-0.15, -0.1) is 0 Å². The monoisotopic (exact) mass is 248 g/mol. The highest BCUT2D eigenvalue weighted by Gasteiger charge is 2.48. The standard InChI is InChI=1S/C18H16O/c19-18(12-6-2-1-3-7-12)17-15-10-11-16(17)14-9-5-4-8-13(14)15/h1-9,15-17H,10-11H2. The van der Waals surface area contributed by atoms with E-state index in [2.05, 4.69) is 24.3 Å². The summed E-state index contributed by atoms with van der Waals surface area (Å²) in [6.07, 6.45) is 2.34. The van der Waals surface area contributed by atoms with E-state index < -0.39 is 0 Å². The highest BCUT2D eigenvalue weighted by atomic mass is 16.1. The molecule has 2 aliphatic carbocycles. The number of Topliss-reactive ketones (excluding diaryl/α,β-unsaturated/α-hetero) is 1. The van der Waals surface area contributed by atoms with Gasteiger partial charge in [0.15, 0.2) is 5.78 Å². The van der Waals surface area contributed by atoms with Gasteiger partial charge in [0.2, 0.25) is 0 Å². The van der Waals surface area contributed by atoms with Crippen molar-refractivity contribution in [1.29, 1.82) is 0 Å². The average molecular weight is 248 g/mol. The van der Waals surface area contributed by atoms with Gasteiger partial charge in [0.05, 0.1) is 0 Å². The molecule has 2 aliphatic rings. The number of rotatable bonds is 2. The number of hydrogen-bond donors (Lipinski definition) is 0. The molecule has 0 aromatic heterocycles. The van der Waals surface area contributed by atoms with Crippen molar-refractivity contribution in [3.8, 4) is 0 Å². The van der Waals surface area contributed by atoms with Crippen molar-refractivity contribution in [1.82, 2.24) is 0 Å². The summed E-state index contributed by atoms with van der Waals surface area (Å²) >= 11 is 0. The summed E-state index contributed by atoms with van der Waals surface area (Å²) in [5.41, 5.74) is 3.72. The van der Waals surface area contributed by atoms with Crippen LogP contribution in [0.25, 0.3) is 0 Å². The Morgan fingerprint density at radius 2 is 1.32 bits per heavy atom. The third-order valence-electron chi connectivity index (χ3n) is 4.81. The molecule has 0 N–H and O–H groups in total. The first-order valence-electron chi connectivity index (χ1n) is 7.04. The Morgan fingerprint density at radius 1 is 0.789 bits per heavy atom. The van der Waals surface area contributed by atoms with E-state index in [1.807, 2.05) is 30.3 Å². The first-order valence-corrected chi connectivity index (χ1v) is 7.04. The Morgan fingerprint density at radius 3 is 1.89 bits per heavy atom. The van der Waals surface area contributed by atoms with Crippen LogP contribution in [0.4, 0.5) is 0 Å². The van der Waals surface area contributed by atoms with Gasteiger partial charge in [0.25, 0.3) is 0 Å². The van der Waals surface area contributed by atoms with Gasteiger partial charge < -0.3 is 0 Å². The smallest absolute Gasteiger partial charge is 0.167 e. The van der Waals surface area contributed by atoms with E-state index in [4.69, 9.17) is 0 Å². The molecular formula is C18H16O. The molecule has 0 spiro atoms. The lowest BCUT2D eigenvalue weighted by molar-refractivity contribution is 0.0909. The minimum absolute atomic E-state index is 0.180. The summed E-state index contributed by atoms with van der Waals surface area (Å²) in [5.74, 6) is 1.42. The molecule has 1 fully saturated rings. The molecule has 1 heteroatoms. The van der Waals surface area contributed by atoms with Gasteiger partial charge in [-0.05, 0) is 35.8 Å². The molecule has 0 heterocycles. The zero-order valence-corrected chi connectivity index (χ0v) is 10.8. The van der Waals surface area contributed by atoms with Gasteiger partial charge in [-0.25, -0.2) is 0 Å². The largest absolute Gasteiger partial charge is 0.294 e. The Bertz CT molecular complexity index is 598. The lowest BCUT2D eigenvalue weighted by Crippen LogP contribution is -2.17. The molecule has 19 heavy (non-hydrogen) atoms. The molecule has 0 saturated heterocycles. The van der Waals surface area contributed by atoms with E-state index in [1.165, 1.54) is 24.0 Å². The quantitative estimate of drug-likeness (QED) is 0.729. The first kappa shape index (κ1) is 11.0. The van der Waals surface area contributed by atoms with Crippen LogP contribution < -0.4 is 0 Å². The predicted molar refractivity (Wildman–Crippen MR) is 75.4 cm³/mol. The van der Waals surface area contributed by atoms with Crippen LogP contribution in [0.2, 0.25) is 0 Å². The molecule has 2 aromatic rings. The van der Waals surface area contributed by atoms with Crippen LogP contribution in [-0.4, -0.2) is 5.78 Å².